The fourth-order valence-electron chi connectivity index (χ4n) is 0.506. The molecule has 0 fully saturated rings. The van der Waals surface area contributed by atoms with Crippen molar-refractivity contribution in [2.45, 2.75) is 0 Å². The summed E-state index contributed by atoms with van der Waals surface area (Å²) in [4.78, 5) is -0.187. The minimum atomic E-state index is -0.187. The molecule has 0 bridgehead atoms. The Morgan fingerprint density at radius 3 is 2.33 bits per heavy atom. The Hall–Kier alpha value is -1.25. The standard InChI is InChI=1S/C6H5NO2/c8-7(9)6-4-2-1-3-5-6/h2-5H,(H,8,9). The van der Waals surface area contributed by atoms with E-state index in [2.05, 4.69) is 6.42 Å². The van der Waals surface area contributed by atoms with Gasteiger partial charge in [0.15, 0.2) is 0 Å². The quantitative estimate of drug-likeness (QED) is 0.290. The van der Waals surface area contributed by atoms with Gasteiger partial charge in [-0.25, -0.2) is 0 Å². The molecule has 0 saturated heterocycles. The second kappa shape index (κ2) is 2.35. The third-order valence-corrected chi connectivity index (χ3v) is 0.922. The summed E-state index contributed by atoms with van der Waals surface area (Å²) in [5.74, 6) is 0. The summed E-state index contributed by atoms with van der Waals surface area (Å²) >= 11 is 0. The first kappa shape index (κ1) is 5.88. The van der Waals surface area contributed by atoms with Crippen LogP contribution in [0.3, 0.4) is 0 Å². The van der Waals surface area contributed by atoms with Gasteiger partial charge in [-0.1, -0.05) is 12.2 Å². The summed E-state index contributed by atoms with van der Waals surface area (Å²) < 4.78 is 0. The molecule has 46 valence electrons. The number of allylic oxidation sites excluding steroid dienone is 4. The van der Waals surface area contributed by atoms with Crippen LogP contribution in [0.15, 0.2) is 24.3 Å². The Morgan fingerprint density at radius 2 is 2.00 bits per heavy atom. The Morgan fingerprint density at radius 1 is 1.44 bits per heavy atom. The minimum Gasteiger partial charge on any atom is -0.417 e. The maximum atomic E-state index is 10.1. The zero-order chi connectivity index (χ0) is 6.69. The van der Waals surface area contributed by atoms with Crippen LogP contribution < -0.4 is 0 Å². The first-order valence-electron chi connectivity index (χ1n) is 2.43. The second-order valence-electron chi connectivity index (χ2n) is 1.53. The molecule has 0 aromatic rings. The molecule has 1 aliphatic rings. The maximum Gasteiger partial charge on any atom is 0.267 e. The highest BCUT2D eigenvalue weighted by molar-refractivity contribution is 6.01. The normalized spacial score (nSPS) is 16.2. The minimum absolute atomic E-state index is 0.187. The van der Waals surface area contributed by atoms with Crippen molar-refractivity contribution in [3.8, 4) is 0 Å². The topological polar surface area (TPSA) is 46.3 Å². The SMILES string of the molecule is [O-][N+](O)=C1C=C[C]C=C1. The molecule has 3 heteroatoms. The van der Waals surface area contributed by atoms with E-state index in [1.165, 1.54) is 12.2 Å². The molecule has 0 spiro atoms. The van der Waals surface area contributed by atoms with Crippen molar-refractivity contribution in [1.29, 1.82) is 0 Å². The Kier molecular flexibility index (Phi) is 1.53. The Balaban J connectivity index is 2.83. The predicted molar refractivity (Wildman–Crippen MR) is 31.9 cm³/mol. The summed E-state index contributed by atoms with van der Waals surface area (Å²) in [6.07, 6.45) is 8.75. The van der Waals surface area contributed by atoms with Gasteiger partial charge in [0.2, 0.25) is 0 Å². The smallest absolute Gasteiger partial charge is 0.267 e. The maximum absolute atomic E-state index is 10.1. The van der Waals surface area contributed by atoms with Crippen LogP contribution in [0.25, 0.3) is 0 Å². The fourth-order valence-corrected chi connectivity index (χ4v) is 0.506. The van der Waals surface area contributed by atoms with Crippen molar-refractivity contribution in [2.75, 3.05) is 0 Å². The van der Waals surface area contributed by atoms with E-state index in [4.69, 9.17) is 5.21 Å². The van der Waals surface area contributed by atoms with Gasteiger partial charge in [-0.2, -0.15) is 0 Å². The van der Waals surface area contributed by atoms with Crippen molar-refractivity contribution in [3.63, 3.8) is 0 Å². The number of rotatable bonds is 0. The van der Waals surface area contributed by atoms with E-state index in [0.29, 0.717) is 0 Å². The van der Waals surface area contributed by atoms with Crippen LogP contribution in [0, 0.1) is 11.6 Å². The molecule has 0 aliphatic heterocycles. The van der Waals surface area contributed by atoms with E-state index in [0.717, 1.165) is 0 Å². The van der Waals surface area contributed by atoms with Crippen molar-refractivity contribution < 1.29 is 10.1 Å². The highest BCUT2D eigenvalue weighted by Gasteiger charge is 2.02. The molecule has 0 aromatic carbocycles. The van der Waals surface area contributed by atoms with Crippen LogP contribution >= 0.6 is 0 Å². The molecule has 0 saturated carbocycles. The average Bonchev–Trinajstić information content (AvgIpc) is 1.90. The summed E-state index contributed by atoms with van der Waals surface area (Å²) in [6.45, 7) is 0. The lowest BCUT2D eigenvalue weighted by Crippen LogP contribution is -2.07. The van der Waals surface area contributed by atoms with E-state index in [1.54, 1.807) is 12.2 Å². The van der Waals surface area contributed by atoms with Crippen LogP contribution in [0.1, 0.15) is 0 Å². The fraction of sp³-hybridized carbons (Fsp3) is 0. The van der Waals surface area contributed by atoms with Gasteiger partial charge in [-0.05, 0) is 0 Å². The van der Waals surface area contributed by atoms with Gasteiger partial charge in [0.25, 0.3) is 5.71 Å². The van der Waals surface area contributed by atoms with Gasteiger partial charge >= 0.3 is 0 Å². The van der Waals surface area contributed by atoms with Gasteiger partial charge in [0.1, 0.15) is 0 Å². The van der Waals surface area contributed by atoms with Gasteiger partial charge in [0.05, 0.1) is 0 Å². The molecule has 0 unspecified atom stereocenters. The summed E-state index contributed by atoms with van der Waals surface area (Å²) in [7, 11) is 0. The first-order valence-corrected chi connectivity index (χ1v) is 2.43. The van der Waals surface area contributed by atoms with E-state index in [-0.39, 0.29) is 10.6 Å². The molecule has 0 amide bonds. The third-order valence-electron chi connectivity index (χ3n) is 0.922. The Bertz CT molecular complexity index is 173. The van der Waals surface area contributed by atoms with Gasteiger partial charge < -0.3 is 5.21 Å². The molecule has 0 heterocycles. The molecule has 1 rings (SSSR count). The van der Waals surface area contributed by atoms with Crippen molar-refractivity contribution in [2.24, 2.45) is 0 Å². The van der Waals surface area contributed by atoms with Crippen molar-refractivity contribution in [3.05, 3.63) is 35.9 Å². The molecule has 2 radical (unpaired) electrons. The lowest BCUT2D eigenvalue weighted by Gasteiger charge is -1.93. The molecule has 1 N–H and O–H groups in total. The van der Waals surface area contributed by atoms with Gasteiger partial charge in [0, 0.05) is 23.5 Å². The molecule has 0 aromatic heterocycles. The zero-order valence-corrected chi connectivity index (χ0v) is 4.61. The highest BCUT2D eigenvalue weighted by atomic mass is 16.8. The molecule has 3 nitrogen and oxygen atoms in total. The predicted octanol–water partition coefficient (Wildman–Crippen LogP) is 0.534. The van der Waals surface area contributed by atoms with Crippen molar-refractivity contribution >= 4 is 5.71 Å². The lowest BCUT2D eigenvalue weighted by molar-refractivity contribution is -0.725. The van der Waals surface area contributed by atoms with E-state index >= 15 is 0 Å². The molecular weight excluding hydrogens is 118 g/mol. The van der Waals surface area contributed by atoms with E-state index in [1.807, 2.05) is 0 Å². The Labute approximate surface area is 52.8 Å². The monoisotopic (exact) mass is 123 g/mol. The third kappa shape index (κ3) is 1.32. The lowest BCUT2D eigenvalue weighted by atomic mass is 10.2. The van der Waals surface area contributed by atoms with Gasteiger partial charge in [-0.3, -0.25) is 5.21 Å². The number of nitrogens with zero attached hydrogens (tertiary/aromatic N) is 1. The van der Waals surface area contributed by atoms with Crippen LogP contribution in [-0.2, 0) is 0 Å². The average molecular weight is 123 g/mol. The van der Waals surface area contributed by atoms with E-state index in [9.17, 15) is 5.21 Å². The highest BCUT2D eigenvalue weighted by Crippen LogP contribution is 1.95. The van der Waals surface area contributed by atoms with Crippen LogP contribution in [-0.4, -0.2) is 15.8 Å². The summed E-state index contributed by atoms with van der Waals surface area (Å²) in [6, 6.07) is 0. The summed E-state index contributed by atoms with van der Waals surface area (Å²) in [5.41, 5.74) is 0.216. The van der Waals surface area contributed by atoms with Gasteiger partial charge in [-0.15, -0.1) is 0 Å². The first-order chi connectivity index (χ1) is 4.30. The number of hydrogen-bond donors (Lipinski definition) is 1. The van der Waals surface area contributed by atoms with Crippen LogP contribution in [0.5, 0.6) is 0 Å². The van der Waals surface area contributed by atoms with Crippen LogP contribution in [0.2, 0.25) is 0 Å². The number of hydrogen-bond acceptors (Lipinski definition) is 2. The molecular formula is C6H5NO2. The molecule has 1 aliphatic carbocycles. The van der Waals surface area contributed by atoms with Crippen LogP contribution in [0.4, 0.5) is 0 Å². The largest absolute Gasteiger partial charge is 0.417 e. The van der Waals surface area contributed by atoms with E-state index < -0.39 is 0 Å². The zero-order valence-electron chi connectivity index (χ0n) is 4.61. The summed E-state index contributed by atoms with van der Waals surface area (Å²) in [5, 5.41) is 18.4. The molecule has 0 atom stereocenters. The van der Waals surface area contributed by atoms with Crippen molar-refractivity contribution in [1.82, 2.24) is 0 Å². The molecule has 9 heavy (non-hydrogen) atoms. The second-order valence-corrected chi connectivity index (χ2v) is 1.53.